The van der Waals surface area contributed by atoms with Crippen molar-refractivity contribution in [3.05, 3.63) is 101 Å². The SMILES string of the molecule is O=C(Nc1cccc(CC2CC2)c1F)C(c1ccc(CN2N=C(c3ccccc3)OCC2=O)cc1)C1CCCC1. The molecule has 1 atom stereocenters. The van der Waals surface area contributed by atoms with Gasteiger partial charge < -0.3 is 10.1 Å². The van der Waals surface area contributed by atoms with Crippen LogP contribution in [0.3, 0.4) is 0 Å². The first-order chi connectivity index (χ1) is 19.5. The number of hydrazone groups is 1. The van der Waals surface area contributed by atoms with Crippen LogP contribution in [-0.4, -0.2) is 29.3 Å². The van der Waals surface area contributed by atoms with Crippen LogP contribution in [0.2, 0.25) is 0 Å². The fourth-order valence-corrected chi connectivity index (χ4v) is 5.85. The minimum Gasteiger partial charge on any atom is -0.466 e. The molecule has 1 aliphatic heterocycles. The van der Waals surface area contributed by atoms with Crippen LogP contribution in [-0.2, 0) is 27.3 Å². The lowest BCUT2D eigenvalue weighted by Crippen LogP contribution is -2.36. The number of halogens is 1. The normalized spacial score (nSPS) is 18.3. The molecule has 1 N–H and O–H groups in total. The Bertz CT molecular complexity index is 1400. The van der Waals surface area contributed by atoms with Gasteiger partial charge in [-0.3, -0.25) is 9.59 Å². The maximum atomic E-state index is 15.2. The predicted molar refractivity (Wildman–Crippen MR) is 152 cm³/mol. The minimum absolute atomic E-state index is 0.0614. The van der Waals surface area contributed by atoms with Crippen LogP contribution in [0.15, 0.2) is 77.9 Å². The Hall–Kier alpha value is -4.00. The third-order valence-corrected chi connectivity index (χ3v) is 8.22. The van der Waals surface area contributed by atoms with E-state index in [4.69, 9.17) is 4.74 Å². The molecule has 6 rings (SSSR count). The molecule has 0 aromatic heterocycles. The molecule has 1 heterocycles. The van der Waals surface area contributed by atoms with Gasteiger partial charge in [0.05, 0.1) is 18.2 Å². The smallest absolute Gasteiger partial charge is 0.281 e. The summed E-state index contributed by atoms with van der Waals surface area (Å²) < 4.78 is 20.8. The van der Waals surface area contributed by atoms with Crippen molar-refractivity contribution in [2.45, 2.75) is 57.4 Å². The van der Waals surface area contributed by atoms with Crippen molar-refractivity contribution in [1.29, 1.82) is 0 Å². The zero-order valence-corrected chi connectivity index (χ0v) is 22.5. The Morgan fingerprint density at radius 3 is 2.45 bits per heavy atom. The van der Waals surface area contributed by atoms with Crippen LogP contribution in [0.1, 0.15) is 66.7 Å². The molecule has 2 saturated carbocycles. The molecule has 7 heteroatoms. The van der Waals surface area contributed by atoms with E-state index < -0.39 is 0 Å². The summed E-state index contributed by atoms with van der Waals surface area (Å²) in [4.78, 5) is 26.2. The number of amides is 2. The zero-order chi connectivity index (χ0) is 27.5. The van der Waals surface area contributed by atoms with Crippen LogP contribution in [0.5, 0.6) is 0 Å². The maximum Gasteiger partial charge on any atom is 0.281 e. The van der Waals surface area contributed by atoms with E-state index in [2.05, 4.69) is 10.4 Å². The number of carbonyl (C=O) groups excluding carboxylic acids is 2. The summed E-state index contributed by atoms with van der Waals surface area (Å²) in [5.41, 5.74) is 3.57. The van der Waals surface area contributed by atoms with Crippen molar-refractivity contribution in [1.82, 2.24) is 5.01 Å². The maximum absolute atomic E-state index is 15.2. The molecular weight excluding hydrogens is 505 g/mol. The molecular formula is C33H34FN3O3. The van der Waals surface area contributed by atoms with Gasteiger partial charge in [-0.15, -0.1) is 5.10 Å². The molecule has 40 heavy (non-hydrogen) atoms. The fraction of sp³-hybridized carbons (Fsp3) is 0.364. The molecule has 0 saturated heterocycles. The van der Waals surface area contributed by atoms with Gasteiger partial charge in [-0.1, -0.05) is 67.4 Å². The fourth-order valence-electron chi connectivity index (χ4n) is 5.85. The summed E-state index contributed by atoms with van der Waals surface area (Å²) in [5.74, 6) is 0.143. The number of rotatable bonds is 9. The second-order valence-corrected chi connectivity index (χ2v) is 11.2. The molecule has 3 aliphatic rings. The standard InChI is InChI=1S/C33H34FN3O3/c34-31-27(19-22-13-14-22)11-6-12-28(31)35-32(39)30(24-7-4-5-8-24)25-17-15-23(16-18-25)20-37-29(38)21-40-33(36-37)26-9-2-1-3-10-26/h1-3,6,9-12,15-18,22,24,30H,4-5,7-8,13-14,19-21H2,(H,35,39). The van der Waals surface area contributed by atoms with Gasteiger partial charge in [0.25, 0.3) is 5.91 Å². The quantitative estimate of drug-likeness (QED) is 0.342. The first-order valence-electron chi connectivity index (χ1n) is 14.3. The summed E-state index contributed by atoms with van der Waals surface area (Å²) in [6, 6.07) is 22.6. The summed E-state index contributed by atoms with van der Waals surface area (Å²) in [6.07, 6.45) is 7.17. The summed E-state index contributed by atoms with van der Waals surface area (Å²) in [7, 11) is 0. The van der Waals surface area contributed by atoms with E-state index >= 15 is 4.39 Å². The Kier molecular flexibility index (Phi) is 7.62. The summed E-state index contributed by atoms with van der Waals surface area (Å²) >= 11 is 0. The third kappa shape index (κ3) is 5.93. The lowest BCUT2D eigenvalue weighted by molar-refractivity contribution is -0.136. The molecule has 1 unspecified atom stereocenters. The first kappa shape index (κ1) is 26.2. The number of carbonyl (C=O) groups is 2. The average Bonchev–Trinajstić information content (AvgIpc) is 3.64. The molecule has 2 amide bonds. The Balaban J connectivity index is 1.19. The van der Waals surface area contributed by atoms with E-state index in [9.17, 15) is 9.59 Å². The number of nitrogens with zero attached hydrogens (tertiary/aromatic N) is 2. The predicted octanol–water partition coefficient (Wildman–Crippen LogP) is 6.41. The van der Waals surface area contributed by atoms with Crippen molar-refractivity contribution in [2.75, 3.05) is 11.9 Å². The number of nitrogens with one attached hydrogen (secondary N) is 1. The van der Waals surface area contributed by atoms with Crippen molar-refractivity contribution < 1.29 is 18.7 Å². The van der Waals surface area contributed by atoms with Gasteiger partial charge in [-0.25, -0.2) is 9.40 Å². The topological polar surface area (TPSA) is 71.0 Å². The second kappa shape index (κ2) is 11.6. The highest BCUT2D eigenvalue weighted by molar-refractivity contribution is 5.98. The lowest BCUT2D eigenvalue weighted by atomic mass is 9.83. The molecule has 0 bridgehead atoms. The molecule has 3 aromatic rings. The molecule has 206 valence electrons. The molecule has 2 fully saturated rings. The second-order valence-electron chi connectivity index (χ2n) is 11.2. The van der Waals surface area contributed by atoms with Crippen molar-refractivity contribution in [3.8, 4) is 0 Å². The molecule has 0 radical (unpaired) electrons. The average molecular weight is 540 g/mol. The third-order valence-electron chi connectivity index (χ3n) is 8.22. The molecule has 3 aromatic carbocycles. The van der Waals surface area contributed by atoms with Crippen molar-refractivity contribution in [2.24, 2.45) is 16.9 Å². The van der Waals surface area contributed by atoms with Gasteiger partial charge in [0.1, 0.15) is 5.82 Å². The van der Waals surface area contributed by atoms with Crippen LogP contribution >= 0.6 is 0 Å². The largest absolute Gasteiger partial charge is 0.466 e. The number of anilines is 1. The van der Waals surface area contributed by atoms with Crippen LogP contribution < -0.4 is 5.32 Å². The van der Waals surface area contributed by atoms with Crippen LogP contribution in [0.4, 0.5) is 10.1 Å². The van der Waals surface area contributed by atoms with Crippen LogP contribution in [0, 0.1) is 17.7 Å². The van der Waals surface area contributed by atoms with Gasteiger partial charge >= 0.3 is 0 Å². The highest BCUT2D eigenvalue weighted by Gasteiger charge is 2.33. The number of hydrogen-bond acceptors (Lipinski definition) is 4. The number of benzene rings is 3. The Morgan fingerprint density at radius 1 is 0.975 bits per heavy atom. The van der Waals surface area contributed by atoms with Crippen molar-refractivity contribution in [3.63, 3.8) is 0 Å². The first-order valence-corrected chi connectivity index (χ1v) is 14.3. The summed E-state index contributed by atoms with van der Waals surface area (Å²) in [6.45, 7) is 0.242. The number of hydrogen-bond donors (Lipinski definition) is 1. The van der Waals surface area contributed by atoms with Crippen molar-refractivity contribution >= 4 is 23.4 Å². The van der Waals surface area contributed by atoms with Gasteiger partial charge in [0.15, 0.2) is 6.61 Å². The van der Waals surface area contributed by atoms with Gasteiger partial charge in [-0.2, -0.15) is 0 Å². The van der Waals surface area contributed by atoms with E-state index in [1.54, 1.807) is 6.07 Å². The monoisotopic (exact) mass is 539 g/mol. The zero-order valence-electron chi connectivity index (χ0n) is 22.5. The van der Waals surface area contributed by atoms with E-state index in [1.165, 1.54) is 5.01 Å². The van der Waals surface area contributed by atoms with E-state index in [1.807, 2.05) is 66.7 Å². The van der Waals surface area contributed by atoms with Gasteiger partial charge in [0, 0.05) is 5.56 Å². The highest BCUT2D eigenvalue weighted by Crippen LogP contribution is 2.39. The van der Waals surface area contributed by atoms with E-state index in [0.29, 0.717) is 23.9 Å². The van der Waals surface area contributed by atoms with Crippen LogP contribution in [0.25, 0.3) is 0 Å². The van der Waals surface area contributed by atoms with E-state index in [-0.39, 0.29) is 41.8 Å². The molecule has 2 aliphatic carbocycles. The molecule has 0 spiro atoms. The molecule has 6 nitrogen and oxygen atoms in total. The van der Waals surface area contributed by atoms with Gasteiger partial charge in [0.2, 0.25) is 11.8 Å². The Labute approximate surface area is 234 Å². The number of ether oxygens (including phenoxy) is 1. The highest BCUT2D eigenvalue weighted by atomic mass is 19.1. The van der Waals surface area contributed by atoms with E-state index in [0.717, 1.165) is 61.6 Å². The van der Waals surface area contributed by atoms with Gasteiger partial charge in [-0.05, 0) is 78.8 Å². The lowest BCUT2D eigenvalue weighted by Gasteiger charge is -2.25. The summed E-state index contributed by atoms with van der Waals surface area (Å²) in [5, 5.41) is 8.80. The Morgan fingerprint density at radius 2 is 1.73 bits per heavy atom. The minimum atomic E-state index is -0.365.